The lowest BCUT2D eigenvalue weighted by molar-refractivity contribution is -0.137. The van der Waals surface area contributed by atoms with Gasteiger partial charge in [-0.1, -0.05) is 0 Å². The minimum absolute atomic E-state index is 0.0363. The van der Waals surface area contributed by atoms with Gasteiger partial charge in [-0.3, -0.25) is 0 Å². The summed E-state index contributed by atoms with van der Waals surface area (Å²) in [7, 11) is 0. The van der Waals surface area contributed by atoms with Crippen molar-refractivity contribution in [3.05, 3.63) is 63.9 Å². The monoisotopic (exact) mass is 380 g/mol. The number of aromatic nitrogens is 3. The Kier molecular flexibility index (Phi) is 4.51. The number of nitrogens with one attached hydrogen (secondary N) is 1. The lowest BCUT2D eigenvalue weighted by Crippen LogP contribution is -2.29. The van der Waals surface area contributed by atoms with Gasteiger partial charge in [-0.25, -0.2) is 9.67 Å². The highest BCUT2D eigenvalue weighted by Gasteiger charge is 2.30. The number of hydrogen-bond donors (Lipinski definition) is 1. The Morgan fingerprint density at radius 2 is 2.08 bits per heavy atom. The van der Waals surface area contributed by atoms with E-state index in [4.69, 9.17) is 4.74 Å². The van der Waals surface area contributed by atoms with Gasteiger partial charge in [0.2, 0.25) is 0 Å². The SMILES string of the molecule is FC(F)(F)c1ccc(-n2ncc3c2COC[C@@H]3NCc2nccs2)cc1. The van der Waals surface area contributed by atoms with Crippen LogP contribution in [0.25, 0.3) is 5.69 Å². The van der Waals surface area contributed by atoms with E-state index in [1.54, 1.807) is 28.4 Å². The van der Waals surface area contributed by atoms with Gasteiger partial charge in [0.1, 0.15) is 5.01 Å². The van der Waals surface area contributed by atoms with Crippen molar-refractivity contribution in [2.24, 2.45) is 0 Å². The highest BCUT2D eigenvalue weighted by molar-refractivity contribution is 7.09. The van der Waals surface area contributed by atoms with Crippen LogP contribution in [0.1, 0.15) is 27.9 Å². The average Bonchev–Trinajstić information content (AvgIpc) is 3.29. The van der Waals surface area contributed by atoms with Gasteiger partial charge in [0.15, 0.2) is 0 Å². The molecule has 3 aromatic rings. The van der Waals surface area contributed by atoms with Crippen LogP contribution in [0.5, 0.6) is 0 Å². The summed E-state index contributed by atoms with van der Waals surface area (Å²) in [5.74, 6) is 0. The van der Waals surface area contributed by atoms with Crippen LogP contribution >= 0.6 is 11.3 Å². The van der Waals surface area contributed by atoms with Crippen molar-refractivity contribution in [2.45, 2.75) is 25.4 Å². The Morgan fingerprint density at radius 1 is 1.27 bits per heavy atom. The molecule has 0 bridgehead atoms. The molecular formula is C17H15F3N4OS. The van der Waals surface area contributed by atoms with Crippen molar-refractivity contribution in [2.75, 3.05) is 6.61 Å². The molecule has 0 saturated heterocycles. The molecule has 3 heterocycles. The second-order valence-electron chi connectivity index (χ2n) is 5.88. The molecule has 1 aromatic carbocycles. The van der Waals surface area contributed by atoms with Crippen molar-refractivity contribution in [1.82, 2.24) is 20.1 Å². The number of ether oxygens (including phenoxy) is 1. The maximum Gasteiger partial charge on any atom is 0.416 e. The first-order chi connectivity index (χ1) is 12.5. The van der Waals surface area contributed by atoms with Gasteiger partial charge in [0.05, 0.1) is 42.4 Å². The molecule has 0 spiro atoms. The van der Waals surface area contributed by atoms with Crippen molar-refractivity contribution in [1.29, 1.82) is 0 Å². The van der Waals surface area contributed by atoms with Crippen LogP contribution in [-0.2, 0) is 24.1 Å². The minimum Gasteiger partial charge on any atom is -0.373 e. The fourth-order valence-electron chi connectivity index (χ4n) is 2.92. The predicted molar refractivity (Wildman–Crippen MR) is 89.9 cm³/mol. The molecule has 2 aromatic heterocycles. The smallest absolute Gasteiger partial charge is 0.373 e. The largest absolute Gasteiger partial charge is 0.416 e. The molecule has 0 amide bonds. The Bertz CT molecular complexity index is 875. The van der Waals surface area contributed by atoms with Gasteiger partial charge in [-0.2, -0.15) is 18.3 Å². The van der Waals surface area contributed by atoms with Crippen LogP contribution in [0.3, 0.4) is 0 Å². The van der Waals surface area contributed by atoms with E-state index in [9.17, 15) is 13.2 Å². The van der Waals surface area contributed by atoms with E-state index in [2.05, 4.69) is 15.4 Å². The molecule has 0 aliphatic carbocycles. The zero-order chi connectivity index (χ0) is 18.1. The Morgan fingerprint density at radius 3 is 2.77 bits per heavy atom. The number of rotatable bonds is 4. The van der Waals surface area contributed by atoms with Crippen LogP contribution in [-0.4, -0.2) is 21.4 Å². The molecule has 4 rings (SSSR count). The third-order valence-electron chi connectivity index (χ3n) is 4.22. The first-order valence-corrected chi connectivity index (χ1v) is 8.84. The predicted octanol–water partition coefficient (Wildman–Crippen LogP) is 3.71. The van der Waals surface area contributed by atoms with Gasteiger partial charge in [0.25, 0.3) is 0 Å². The number of hydrogen-bond acceptors (Lipinski definition) is 5. The van der Waals surface area contributed by atoms with E-state index in [1.807, 2.05) is 5.38 Å². The number of nitrogens with zero attached hydrogens (tertiary/aromatic N) is 3. The molecule has 0 unspecified atom stereocenters. The van der Waals surface area contributed by atoms with E-state index in [-0.39, 0.29) is 6.04 Å². The van der Waals surface area contributed by atoms with E-state index < -0.39 is 11.7 Å². The molecule has 136 valence electrons. The highest BCUT2D eigenvalue weighted by atomic mass is 32.1. The normalized spacial score (nSPS) is 17.3. The maximum absolute atomic E-state index is 12.7. The van der Waals surface area contributed by atoms with E-state index >= 15 is 0 Å². The van der Waals surface area contributed by atoms with Crippen LogP contribution in [0.4, 0.5) is 13.2 Å². The van der Waals surface area contributed by atoms with Crippen LogP contribution in [0.15, 0.2) is 42.0 Å². The summed E-state index contributed by atoms with van der Waals surface area (Å²) in [5, 5.41) is 10.7. The third kappa shape index (κ3) is 3.37. The minimum atomic E-state index is -4.35. The number of benzene rings is 1. The molecule has 1 aliphatic rings. The molecule has 1 atom stereocenters. The second-order valence-corrected chi connectivity index (χ2v) is 6.86. The second kappa shape index (κ2) is 6.82. The Hall–Kier alpha value is -2.23. The summed E-state index contributed by atoms with van der Waals surface area (Å²) < 4.78 is 45.5. The fourth-order valence-corrected chi connectivity index (χ4v) is 3.49. The molecule has 1 aliphatic heterocycles. The lowest BCUT2D eigenvalue weighted by atomic mass is 10.1. The fraction of sp³-hybridized carbons (Fsp3) is 0.294. The van der Waals surface area contributed by atoms with E-state index in [1.165, 1.54) is 12.1 Å². The number of fused-ring (bicyclic) bond motifs is 1. The molecule has 0 saturated carbocycles. The van der Waals surface area contributed by atoms with Crippen molar-refractivity contribution in [3.8, 4) is 5.69 Å². The molecule has 1 N–H and O–H groups in total. The van der Waals surface area contributed by atoms with Crippen LogP contribution in [0.2, 0.25) is 0 Å². The van der Waals surface area contributed by atoms with E-state index in [0.717, 1.165) is 28.4 Å². The summed E-state index contributed by atoms with van der Waals surface area (Å²) in [6.45, 7) is 1.50. The van der Waals surface area contributed by atoms with Crippen molar-refractivity contribution in [3.63, 3.8) is 0 Å². The van der Waals surface area contributed by atoms with Gasteiger partial charge in [0, 0.05) is 23.7 Å². The zero-order valence-corrected chi connectivity index (χ0v) is 14.3. The maximum atomic E-state index is 12.7. The first-order valence-electron chi connectivity index (χ1n) is 7.96. The molecule has 26 heavy (non-hydrogen) atoms. The van der Waals surface area contributed by atoms with Gasteiger partial charge in [-0.05, 0) is 24.3 Å². The highest BCUT2D eigenvalue weighted by Crippen LogP contribution is 2.31. The number of halogens is 3. The standard InChI is InChI=1S/C17H15F3N4OS/c18-17(19,20)11-1-3-12(4-2-11)24-15-10-25-9-14(13(15)7-23-24)22-8-16-21-5-6-26-16/h1-7,14,22H,8-10H2/t14-/m0/s1. The Labute approximate surface area is 151 Å². The average molecular weight is 380 g/mol. The number of alkyl halides is 3. The first kappa shape index (κ1) is 17.2. The summed E-state index contributed by atoms with van der Waals surface area (Å²) in [5.41, 5.74) is 1.73. The van der Waals surface area contributed by atoms with Crippen molar-refractivity contribution < 1.29 is 17.9 Å². The quantitative estimate of drug-likeness (QED) is 0.750. The molecular weight excluding hydrogens is 365 g/mol. The molecule has 5 nitrogen and oxygen atoms in total. The third-order valence-corrected chi connectivity index (χ3v) is 5.00. The van der Waals surface area contributed by atoms with Crippen LogP contribution < -0.4 is 5.32 Å². The Balaban J connectivity index is 1.56. The molecule has 0 radical (unpaired) electrons. The van der Waals surface area contributed by atoms with Crippen LogP contribution in [0, 0.1) is 0 Å². The van der Waals surface area contributed by atoms with Gasteiger partial charge >= 0.3 is 6.18 Å². The summed E-state index contributed by atoms with van der Waals surface area (Å²) in [6.07, 6.45) is -0.849. The van der Waals surface area contributed by atoms with Gasteiger partial charge < -0.3 is 10.1 Å². The lowest BCUT2D eigenvalue weighted by Gasteiger charge is -2.24. The topological polar surface area (TPSA) is 52.0 Å². The molecule has 0 fully saturated rings. The zero-order valence-electron chi connectivity index (χ0n) is 13.5. The summed E-state index contributed by atoms with van der Waals surface area (Å²) in [4.78, 5) is 4.24. The summed E-state index contributed by atoms with van der Waals surface area (Å²) in [6, 6.07) is 4.92. The summed E-state index contributed by atoms with van der Waals surface area (Å²) >= 11 is 1.57. The van der Waals surface area contributed by atoms with Crippen molar-refractivity contribution >= 4 is 11.3 Å². The number of thiazole rings is 1. The van der Waals surface area contributed by atoms with E-state index in [0.29, 0.717) is 25.4 Å². The molecule has 9 heteroatoms. The van der Waals surface area contributed by atoms with Gasteiger partial charge in [-0.15, -0.1) is 11.3 Å².